The molecular formula is C27H31N3O5S. The van der Waals surface area contributed by atoms with Crippen LogP contribution in [-0.4, -0.2) is 47.4 Å². The Kier molecular flexibility index (Phi) is 6.79. The van der Waals surface area contributed by atoms with Crippen LogP contribution < -0.4 is 5.56 Å². The number of carbonyl (C=O) groups excluding carboxylic acids is 1. The van der Waals surface area contributed by atoms with Crippen molar-refractivity contribution in [2.45, 2.75) is 57.2 Å². The number of benzene rings is 2. The molecule has 0 saturated heterocycles. The summed E-state index contributed by atoms with van der Waals surface area (Å²) in [7, 11) is -3.35. The third-order valence-electron chi connectivity index (χ3n) is 6.09. The molecule has 2 aromatic carbocycles. The van der Waals surface area contributed by atoms with E-state index in [2.05, 4.69) is 0 Å². The molecule has 0 N–H and O–H groups in total. The van der Waals surface area contributed by atoms with Crippen molar-refractivity contribution in [3.63, 3.8) is 0 Å². The number of amides is 1. The summed E-state index contributed by atoms with van der Waals surface area (Å²) in [6.07, 6.45) is 1.11. The van der Waals surface area contributed by atoms with Crippen LogP contribution in [0.25, 0.3) is 0 Å². The fraction of sp³-hybridized carbons (Fsp3) is 0.370. The van der Waals surface area contributed by atoms with E-state index in [0.29, 0.717) is 30.0 Å². The first-order valence-electron chi connectivity index (χ1n) is 11.8. The highest BCUT2D eigenvalue weighted by molar-refractivity contribution is 7.90. The van der Waals surface area contributed by atoms with E-state index >= 15 is 0 Å². The number of nitrogens with zero attached hydrogens (tertiary/aromatic N) is 3. The highest BCUT2D eigenvalue weighted by atomic mass is 32.2. The van der Waals surface area contributed by atoms with E-state index in [9.17, 15) is 18.0 Å². The summed E-state index contributed by atoms with van der Waals surface area (Å²) in [5.41, 5.74) is 2.02. The fourth-order valence-electron chi connectivity index (χ4n) is 4.43. The molecule has 0 bridgehead atoms. The SMILES string of the molecule is Cc1nc2c(c(=O)n1C(c1ccccc1)c1ccc(S(C)(=O)=O)cc1)CCN(C(=O)OC(C)(C)C)C2. The van der Waals surface area contributed by atoms with Gasteiger partial charge in [0, 0.05) is 18.4 Å². The van der Waals surface area contributed by atoms with E-state index in [1.807, 2.05) is 51.1 Å². The van der Waals surface area contributed by atoms with Crippen molar-refractivity contribution in [3.8, 4) is 0 Å². The van der Waals surface area contributed by atoms with Gasteiger partial charge in [0.25, 0.3) is 5.56 Å². The molecule has 0 radical (unpaired) electrons. The van der Waals surface area contributed by atoms with Crippen LogP contribution in [0, 0.1) is 6.92 Å². The molecule has 1 amide bonds. The largest absolute Gasteiger partial charge is 0.444 e. The van der Waals surface area contributed by atoms with E-state index in [-0.39, 0.29) is 17.0 Å². The van der Waals surface area contributed by atoms with Crippen LogP contribution in [0.4, 0.5) is 4.79 Å². The summed E-state index contributed by atoms with van der Waals surface area (Å²) in [6, 6.07) is 15.7. The van der Waals surface area contributed by atoms with Crippen molar-refractivity contribution in [3.05, 3.63) is 93.2 Å². The van der Waals surface area contributed by atoms with Gasteiger partial charge in [0.15, 0.2) is 9.84 Å². The molecular weight excluding hydrogens is 478 g/mol. The lowest BCUT2D eigenvalue weighted by Crippen LogP contribution is -2.43. The predicted octanol–water partition coefficient (Wildman–Crippen LogP) is 3.89. The van der Waals surface area contributed by atoms with E-state index in [1.165, 1.54) is 6.26 Å². The maximum atomic E-state index is 13.8. The molecule has 1 aliphatic rings. The molecule has 1 aliphatic heterocycles. The van der Waals surface area contributed by atoms with Crippen LogP contribution in [0.2, 0.25) is 0 Å². The Hall–Kier alpha value is -3.46. The first-order chi connectivity index (χ1) is 16.8. The summed E-state index contributed by atoms with van der Waals surface area (Å²) in [6.45, 7) is 7.79. The Bertz CT molecular complexity index is 1440. The molecule has 36 heavy (non-hydrogen) atoms. The average molecular weight is 510 g/mol. The van der Waals surface area contributed by atoms with E-state index in [0.717, 1.165) is 11.1 Å². The average Bonchev–Trinajstić information content (AvgIpc) is 2.80. The first-order valence-corrected chi connectivity index (χ1v) is 13.7. The lowest BCUT2D eigenvalue weighted by molar-refractivity contribution is 0.0219. The van der Waals surface area contributed by atoms with Crippen LogP contribution in [0.1, 0.15) is 55.0 Å². The summed E-state index contributed by atoms with van der Waals surface area (Å²) in [4.78, 5) is 33.0. The van der Waals surface area contributed by atoms with Crippen molar-refractivity contribution < 1.29 is 17.9 Å². The number of aryl methyl sites for hydroxylation is 1. The second-order valence-electron chi connectivity index (χ2n) is 10.1. The van der Waals surface area contributed by atoms with Crippen LogP contribution >= 0.6 is 0 Å². The zero-order valence-corrected chi connectivity index (χ0v) is 22.0. The minimum Gasteiger partial charge on any atom is -0.444 e. The summed E-state index contributed by atoms with van der Waals surface area (Å²) >= 11 is 0. The van der Waals surface area contributed by atoms with E-state index < -0.39 is 27.6 Å². The van der Waals surface area contributed by atoms with Gasteiger partial charge in [-0.2, -0.15) is 0 Å². The summed E-state index contributed by atoms with van der Waals surface area (Å²) in [5.74, 6) is 0.505. The number of rotatable bonds is 4. The number of carbonyl (C=O) groups is 1. The Morgan fingerprint density at radius 2 is 1.64 bits per heavy atom. The molecule has 8 nitrogen and oxygen atoms in total. The van der Waals surface area contributed by atoms with Crippen LogP contribution in [0.5, 0.6) is 0 Å². The van der Waals surface area contributed by atoms with Crippen molar-refractivity contribution in [2.24, 2.45) is 0 Å². The fourth-order valence-corrected chi connectivity index (χ4v) is 5.06. The number of sulfone groups is 1. The summed E-state index contributed by atoms with van der Waals surface area (Å²) in [5, 5.41) is 0. The van der Waals surface area contributed by atoms with Crippen LogP contribution in [0.3, 0.4) is 0 Å². The number of fused-ring (bicyclic) bond motifs is 1. The molecule has 3 aromatic rings. The standard InChI is InChI=1S/C27H31N3O5S/c1-18-28-23-17-29(26(32)35-27(2,3)4)16-15-22(23)25(31)30(18)24(19-9-7-6-8-10-19)20-11-13-21(14-12-20)36(5,33)34/h6-14,24H,15-17H2,1-5H3. The normalized spacial score (nSPS) is 14.8. The third-order valence-corrected chi connectivity index (χ3v) is 7.22. The van der Waals surface area contributed by atoms with Gasteiger partial charge in [-0.15, -0.1) is 0 Å². The molecule has 1 unspecified atom stereocenters. The van der Waals surface area contributed by atoms with Gasteiger partial charge in [-0.3, -0.25) is 9.36 Å². The highest BCUT2D eigenvalue weighted by Crippen LogP contribution is 2.28. The van der Waals surface area contributed by atoms with E-state index in [4.69, 9.17) is 9.72 Å². The maximum absolute atomic E-state index is 13.8. The quantitative estimate of drug-likeness (QED) is 0.529. The second-order valence-corrected chi connectivity index (χ2v) is 12.1. The highest BCUT2D eigenvalue weighted by Gasteiger charge is 2.30. The van der Waals surface area contributed by atoms with Crippen LogP contribution in [-0.2, 0) is 27.5 Å². The molecule has 0 saturated carbocycles. The minimum atomic E-state index is -3.35. The lowest BCUT2D eigenvalue weighted by Gasteiger charge is -2.32. The van der Waals surface area contributed by atoms with Gasteiger partial charge in [-0.25, -0.2) is 18.2 Å². The van der Waals surface area contributed by atoms with Gasteiger partial charge in [0.2, 0.25) is 0 Å². The Morgan fingerprint density at radius 3 is 2.22 bits per heavy atom. The molecule has 4 rings (SSSR count). The lowest BCUT2D eigenvalue weighted by atomic mass is 9.97. The van der Waals surface area contributed by atoms with Gasteiger partial charge in [-0.05, 0) is 57.4 Å². The van der Waals surface area contributed by atoms with Crippen molar-refractivity contribution in [2.75, 3.05) is 12.8 Å². The Labute approximate surface area is 211 Å². The summed E-state index contributed by atoms with van der Waals surface area (Å²) < 4.78 is 31.1. The number of hydrogen-bond acceptors (Lipinski definition) is 6. The Balaban J connectivity index is 1.78. The maximum Gasteiger partial charge on any atom is 0.410 e. The van der Waals surface area contributed by atoms with Crippen molar-refractivity contribution in [1.82, 2.24) is 14.5 Å². The first kappa shape index (κ1) is 25.6. The molecule has 1 atom stereocenters. The third kappa shape index (κ3) is 5.36. The zero-order chi connectivity index (χ0) is 26.3. The van der Waals surface area contributed by atoms with Gasteiger partial charge >= 0.3 is 6.09 Å². The zero-order valence-electron chi connectivity index (χ0n) is 21.2. The van der Waals surface area contributed by atoms with E-state index in [1.54, 1.807) is 40.7 Å². The smallest absolute Gasteiger partial charge is 0.410 e. The van der Waals surface area contributed by atoms with Gasteiger partial charge in [0.1, 0.15) is 11.4 Å². The number of hydrogen-bond donors (Lipinski definition) is 0. The molecule has 190 valence electrons. The molecule has 0 fully saturated rings. The van der Waals surface area contributed by atoms with Crippen LogP contribution in [0.15, 0.2) is 64.3 Å². The van der Waals surface area contributed by atoms with Gasteiger partial charge in [0.05, 0.1) is 23.2 Å². The van der Waals surface area contributed by atoms with Gasteiger partial charge < -0.3 is 9.64 Å². The van der Waals surface area contributed by atoms with Crippen molar-refractivity contribution in [1.29, 1.82) is 0 Å². The minimum absolute atomic E-state index is 0.164. The van der Waals surface area contributed by atoms with Crippen molar-refractivity contribution >= 4 is 15.9 Å². The predicted molar refractivity (Wildman–Crippen MR) is 137 cm³/mol. The molecule has 0 aliphatic carbocycles. The number of aromatic nitrogens is 2. The molecule has 0 spiro atoms. The van der Waals surface area contributed by atoms with Gasteiger partial charge in [-0.1, -0.05) is 42.5 Å². The molecule has 2 heterocycles. The monoisotopic (exact) mass is 509 g/mol. The topological polar surface area (TPSA) is 98.6 Å². The molecule has 9 heteroatoms. The number of ether oxygens (including phenoxy) is 1. The Morgan fingerprint density at radius 1 is 1.03 bits per heavy atom. The second kappa shape index (κ2) is 9.54. The molecule has 1 aromatic heterocycles.